The smallest absolute Gasteiger partial charge is 0.156 e. The highest BCUT2D eigenvalue weighted by Crippen LogP contribution is 2.67. The van der Waals surface area contributed by atoms with Crippen molar-refractivity contribution in [2.24, 2.45) is 27.7 Å². The molecule has 2 aliphatic rings. The van der Waals surface area contributed by atoms with E-state index in [1.165, 1.54) is 11.6 Å². The lowest BCUT2D eigenvalue weighted by Gasteiger charge is -2.11. The fourth-order valence-corrected chi connectivity index (χ4v) is 4.46. The van der Waals surface area contributed by atoms with Crippen LogP contribution in [-0.2, 0) is 0 Å². The summed E-state index contributed by atoms with van der Waals surface area (Å²) in [4.78, 5) is 4.63. The third-order valence-corrected chi connectivity index (χ3v) is 6.40. The van der Waals surface area contributed by atoms with E-state index in [0.717, 1.165) is 24.9 Å². The average molecular weight is 268 g/mol. The SMILES string of the molecule is CC(C)CC1CN=C(NCC2C(C)(C)C2(C)C)S1. The number of hydrogen-bond donors (Lipinski definition) is 1. The standard InChI is InChI=1S/C15H28N2S/c1-10(2)7-11-8-16-13(18-11)17-9-12-14(3,4)15(12,5)6/h10-12H,7-9H2,1-6H3,(H,16,17). The maximum Gasteiger partial charge on any atom is 0.156 e. The Hall–Kier alpha value is -0.180. The van der Waals surface area contributed by atoms with Gasteiger partial charge in [-0.1, -0.05) is 53.3 Å². The summed E-state index contributed by atoms with van der Waals surface area (Å²) in [5, 5.41) is 5.45. The summed E-state index contributed by atoms with van der Waals surface area (Å²) in [7, 11) is 0. The molecule has 0 spiro atoms. The second-order valence-electron chi connectivity index (χ2n) is 7.39. The van der Waals surface area contributed by atoms with Gasteiger partial charge in [-0.25, -0.2) is 0 Å². The molecule has 104 valence electrons. The summed E-state index contributed by atoms with van der Waals surface area (Å²) in [5.74, 6) is 1.55. The summed E-state index contributed by atoms with van der Waals surface area (Å²) in [6.07, 6.45) is 1.28. The first-order chi connectivity index (χ1) is 8.25. The van der Waals surface area contributed by atoms with Gasteiger partial charge < -0.3 is 5.32 Å². The molecule has 1 fully saturated rings. The van der Waals surface area contributed by atoms with Gasteiger partial charge in [0.1, 0.15) is 0 Å². The molecule has 0 aromatic carbocycles. The lowest BCUT2D eigenvalue weighted by Crippen LogP contribution is -2.24. The molecule has 1 atom stereocenters. The second-order valence-corrected chi connectivity index (χ2v) is 8.68. The molecule has 1 aliphatic carbocycles. The van der Waals surface area contributed by atoms with Crippen molar-refractivity contribution in [1.29, 1.82) is 0 Å². The highest BCUT2D eigenvalue weighted by Gasteiger charge is 2.64. The van der Waals surface area contributed by atoms with Crippen molar-refractivity contribution in [3.05, 3.63) is 0 Å². The van der Waals surface area contributed by atoms with Crippen LogP contribution in [0.5, 0.6) is 0 Å². The molecule has 0 aromatic rings. The lowest BCUT2D eigenvalue weighted by atomic mass is 10.0. The van der Waals surface area contributed by atoms with E-state index in [0.29, 0.717) is 16.1 Å². The highest BCUT2D eigenvalue weighted by atomic mass is 32.2. The third-order valence-electron chi connectivity index (χ3n) is 5.23. The van der Waals surface area contributed by atoms with Gasteiger partial charge >= 0.3 is 0 Å². The van der Waals surface area contributed by atoms with Gasteiger partial charge in [-0.2, -0.15) is 0 Å². The maximum absolute atomic E-state index is 4.63. The number of amidine groups is 1. The van der Waals surface area contributed by atoms with Crippen LogP contribution >= 0.6 is 11.8 Å². The Morgan fingerprint density at radius 1 is 1.28 bits per heavy atom. The predicted molar refractivity (Wildman–Crippen MR) is 82.2 cm³/mol. The van der Waals surface area contributed by atoms with Gasteiger partial charge in [-0.05, 0) is 29.1 Å². The van der Waals surface area contributed by atoms with Gasteiger partial charge in [0.15, 0.2) is 5.17 Å². The van der Waals surface area contributed by atoms with Crippen LogP contribution in [0.3, 0.4) is 0 Å². The molecule has 1 aliphatic heterocycles. The minimum absolute atomic E-state index is 0.473. The van der Waals surface area contributed by atoms with Gasteiger partial charge in [0.2, 0.25) is 0 Å². The zero-order valence-corrected chi connectivity index (χ0v) is 13.5. The molecule has 1 N–H and O–H groups in total. The van der Waals surface area contributed by atoms with Crippen LogP contribution in [0.25, 0.3) is 0 Å². The normalized spacial score (nSPS) is 29.5. The van der Waals surface area contributed by atoms with Gasteiger partial charge in [0.05, 0.1) is 6.54 Å². The van der Waals surface area contributed by atoms with E-state index in [1.54, 1.807) is 0 Å². The molecular formula is C15H28N2S. The molecule has 0 bridgehead atoms. The third kappa shape index (κ3) is 2.56. The van der Waals surface area contributed by atoms with Crippen molar-refractivity contribution >= 4 is 16.9 Å². The zero-order chi connectivity index (χ0) is 13.6. The van der Waals surface area contributed by atoms with Crippen molar-refractivity contribution in [3.63, 3.8) is 0 Å². The van der Waals surface area contributed by atoms with Crippen molar-refractivity contribution < 1.29 is 0 Å². The van der Waals surface area contributed by atoms with Crippen LogP contribution in [-0.4, -0.2) is 23.5 Å². The molecule has 0 saturated heterocycles. The first-order valence-corrected chi connectivity index (χ1v) is 8.08. The Balaban J connectivity index is 1.74. The zero-order valence-electron chi connectivity index (χ0n) is 12.7. The van der Waals surface area contributed by atoms with Crippen molar-refractivity contribution in [2.75, 3.05) is 13.1 Å². The molecule has 1 heterocycles. The minimum Gasteiger partial charge on any atom is -0.365 e. The molecule has 0 radical (unpaired) electrons. The quantitative estimate of drug-likeness (QED) is 0.839. The molecular weight excluding hydrogens is 240 g/mol. The van der Waals surface area contributed by atoms with Gasteiger partial charge in [-0.3, -0.25) is 4.99 Å². The van der Waals surface area contributed by atoms with Gasteiger partial charge in [0.25, 0.3) is 0 Å². The molecule has 2 nitrogen and oxygen atoms in total. The first-order valence-electron chi connectivity index (χ1n) is 7.20. The van der Waals surface area contributed by atoms with E-state index >= 15 is 0 Å². The van der Waals surface area contributed by atoms with E-state index in [-0.39, 0.29) is 0 Å². The molecule has 0 amide bonds. The van der Waals surface area contributed by atoms with Crippen molar-refractivity contribution in [3.8, 4) is 0 Å². The van der Waals surface area contributed by atoms with E-state index < -0.39 is 0 Å². The first kappa shape index (κ1) is 14.2. The summed E-state index contributed by atoms with van der Waals surface area (Å²) in [6, 6.07) is 0. The van der Waals surface area contributed by atoms with Crippen LogP contribution in [0.1, 0.15) is 48.0 Å². The summed E-state index contributed by atoms with van der Waals surface area (Å²) >= 11 is 1.95. The van der Waals surface area contributed by atoms with Crippen LogP contribution < -0.4 is 5.32 Å². The second kappa shape index (κ2) is 4.73. The molecule has 0 aromatic heterocycles. The summed E-state index contributed by atoms with van der Waals surface area (Å²) in [6.45, 7) is 16.2. The van der Waals surface area contributed by atoms with E-state index in [9.17, 15) is 0 Å². The van der Waals surface area contributed by atoms with E-state index in [4.69, 9.17) is 0 Å². The van der Waals surface area contributed by atoms with Gasteiger partial charge in [-0.15, -0.1) is 0 Å². The van der Waals surface area contributed by atoms with Gasteiger partial charge in [0, 0.05) is 11.8 Å². The van der Waals surface area contributed by atoms with Crippen LogP contribution in [0.4, 0.5) is 0 Å². The van der Waals surface area contributed by atoms with Crippen molar-refractivity contribution in [1.82, 2.24) is 5.32 Å². The monoisotopic (exact) mass is 268 g/mol. The highest BCUT2D eigenvalue weighted by molar-refractivity contribution is 8.14. The summed E-state index contributed by atoms with van der Waals surface area (Å²) in [5.41, 5.74) is 0.947. The maximum atomic E-state index is 4.63. The largest absolute Gasteiger partial charge is 0.365 e. The Morgan fingerprint density at radius 2 is 1.89 bits per heavy atom. The Kier molecular flexibility index (Phi) is 3.74. The molecule has 1 saturated carbocycles. The lowest BCUT2D eigenvalue weighted by molar-refractivity contribution is 0.457. The topological polar surface area (TPSA) is 24.4 Å². The van der Waals surface area contributed by atoms with E-state index in [1.807, 2.05) is 11.8 Å². The average Bonchev–Trinajstić information content (AvgIpc) is 2.59. The number of rotatable bonds is 4. The molecule has 18 heavy (non-hydrogen) atoms. The van der Waals surface area contributed by atoms with Crippen molar-refractivity contribution in [2.45, 2.75) is 53.2 Å². The Morgan fingerprint density at radius 3 is 2.39 bits per heavy atom. The van der Waals surface area contributed by atoms with Crippen LogP contribution in [0.2, 0.25) is 0 Å². The fourth-order valence-electron chi connectivity index (χ4n) is 3.20. The number of nitrogens with one attached hydrogen (secondary N) is 1. The number of nitrogens with zero attached hydrogens (tertiary/aromatic N) is 1. The molecule has 1 unspecified atom stereocenters. The Bertz CT molecular complexity index is 330. The molecule has 2 rings (SSSR count). The van der Waals surface area contributed by atoms with E-state index in [2.05, 4.69) is 51.9 Å². The molecule has 3 heteroatoms. The van der Waals surface area contributed by atoms with Crippen LogP contribution in [0, 0.1) is 22.7 Å². The Labute approximate surface area is 116 Å². The summed E-state index contributed by atoms with van der Waals surface area (Å²) < 4.78 is 0. The number of aliphatic imine (C=N–C) groups is 1. The number of thioether (sulfide) groups is 1. The minimum atomic E-state index is 0.473. The fraction of sp³-hybridized carbons (Fsp3) is 0.933. The van der Waals surface area contributed by atoms with Crippen LogP contribution in [0.15, 0.2) is 4.99 Å². The predicted octanol–water partition coefficient (Wildman–Crippen LogP) is 3.78. The number of hydrogen-bond acceptors (Lipinski definition) is 3.